The van der Waals surface area contributed by atoms with Gasteiger partial charge in [0.2, 0.25) is 0 Å². The summed E-state index contributed by atoms with van der Waals surface area (Å²) in [6.07, 6.45) is 0. The summed E-state index contributed by atoms with van der Waals surface area (Å²) in [5, 5.41) is 9.95. The number of carbonyl (C=O) groups is 1. The van der Waals surface area contributed by atoms with Gasteiger partial charge in [0.1, 0.15) is 11.2 Å². The van der Waals surface area contributed by atoms with Gasteiger partial charge >= 0.3 is 0 Å². The van der Waals surface area contributed by atoms with E-state index < -0.39 is 11.6 Å². The van der Waals surface area contributed by atoms with E-state index >= 15 is 0 Å². The molecule has 0 fully saturated rings. The third kappa shape index (κ3) is 3.33. The van der Waals surface area contributed by atoms with Crippen molar-refractivity contribution in [1.82, 2.24) is 10.6 Å². The number of benzene rings is 5. The molecule has 0 aliphatic carbocycles. The zero-order chi connectivity index (χ0) is 26.1. The maximum absolute atomic E-state index is 14.5. The van der Waals surface area contributed by atoms with Crippen molar-refractivity contribution in [2.75, 3.05) is 0 Å². The number of aryl methyl sites for hydroxylation is 1. The van der Waals surface area contributed by atoms with Crippen LogP contribution < -0.4 is 10.6 Å². The van der Waals surface area contributed by atoms with Gasteiger partial charge in [0, 0.05) is 52.3 Å². The summed E-state index contributed by atoms with van der Waals surface area (Å²) in [4.78, 5) is 13.2. The highest BCUT2D eigenvalue weighted by molar-refractivity contribution is 6.26. The molecule has 0 spiro atoms. The lowest BCUT2D eigenvalue weighted by atomic mass is 9.94. The zero-order valence-electron chi connectivity index (χ0n) is 21.0. The minimum absolute atomic E-state index is 0.158. The van der Waals surface area contributed by atoms with Gasteiger partial charge < -0.3 is 15.1 Å². The summed E-state index contributed by atoms with van der Waals surface area (Å²) < 4.78 is 34.4. The zero-order valence-corrected chi connectivity index (χ0v) is 21.0. The van der Waals surface area contributed by atoms with E-state index in [2.05, 4.69) is 30.5 Å². The van der Waals surface area contributed by atoms with Gasteiger partial charge in [0.15, 0.2) is 11.6 Å². The molecule has 1 amide bonds. The molecule has 2 N–H and O–H groups in total. The van der Waals surface area contributed by atoms with Crippen LogP contribution in [0.3, 0.4) is 0 Å². The molecule has 38 heavy (non-hydrogen) atoms. The number of nitrogens with one attached hydrogen (secondary N) is 2. The Hall–Kier alpha value is -4.29. The number of amides is 1. The van der Waals surface area contributed by atoms with Gasteiger partial charge in [-0.3, -0.25) is 4.79 Å². The highest BCUT2D eigenvalue weighted by Gasteiger charge is 2.21. The number of rotatable bonds is 4. The Labute approximate surface area is 217 Å². The van der Waals surface area contributed by atoms with Gasteiger partial charge in [-0.1, -0.05) is 24.3 Å². The first kappa shape index (κ1) is 22.9. The molecule has 0 unspecified atom stereocenters. The van der Waals surface area contributed by atoms with Crippen LogP contribution in [0.15, 0.2) is 65.1 Å². The van der Waals surface area contributed by atoms with Crippen LogP contribution in [0.2, 0.25) is 0 Å². The van der Waals surface area contributed by atoms with Gasteiger partial charge in [-0.05, 0) is 83.6 Å². The van der Waals surface area contributed by atoms with Crippen LogP contribution in [0.25, 0.3) is 43.8 Å². The molecule has 1 aliphatic heterocycles. The van der Waals surface area contributed by atoms with Crippen molar-refractivity contribution >= 4 is 38.6 Å². The number of furan rings is 2. The smallest absolute Gasteiger partial charge is 0.251 e. The highest BCUT2D eigenvalue weighted by Crippen LogP contribution is 2.42. The predicted octanol–water partition coefficient (Wildman–Crippen LogP) is 7.27. The Balaban J connectivity index is 1.23. The number of hydrogen-bond donors (Lipinski definition) is 2. The molecule has 188 valence electrons. The van der Waals surface area contributed by atoms with E-state index in [1.165, 1.54) is 28.3 Å². The van der Waals surface area contributed by atoms with E-state index in [1.54, 1.807) is 12.1 Å². The van der Waals surface area contributed by atoms with Crippen LogP contribution in [-0.2, 0) is 19.6 Å². The molecule has 6 heteroatoms. The lowest BCUT2D eigenvalue weighted by Gasteiger charge is -2.15. The van der Waals surface area contributed by atoms with Crippen LogP contribution >= 0.6 is 0 Å². The second-order valence-electron chi connectivity index (χ2n) is 10.1. The highest BCUT2D eigenvalue weighted by atomic mass is 19.2. The average Bonchev–Trinajstić information content (AvgIpc) is 3.64. The molecular formula is C32H24F2N2O2. The quantitative estimate of drug-likeness (QED) is 0.247. The predicted molar refractivity (Wildman–Crippen MR) is 145 cm³/mol. The molecule has 2 aromatic heterocycles. The normalized spacial score (nSPS) is 13.2. The van der Waals surface area contributed by atoms with Crippen molar-refractivity contribution < 1.29 is 18.0 Å². The monoisotopic (exact) mass is 506 g/mol. The van der Waals surface area contributed by atoms with Gasteiger partial charge in [-0.2, -0.15) is 0 Å². The van der Waals surface area contributed by atoms with Crippen molar-refractivity contribution in [3.8, 4) is 11.1 Å². The molecule has 0 saturated carbocycles. The summed E-state index contributed by atoms with van der Waals surface area (Å²) in [6.45, 7) is 6.42. The molecule has 0 atom stereocenters. The fourth-order valence-electron chi connectivity index (χ4n) is 5.93. The largest absolute Gasteiger partial charge is 0.455 e. The van der Waals surface area contributed by atoms with Crippen molar-refractivity contribution in [3.05, 3.63) is 106 Å². The first-order chi connectivity index (χ1) is 18.4. The van der Waals surface area contributed by atoms with Crippen molar-refractivity contribution in [2.24, 2.45) is 0 Å². The molecule has 6 aromatic rings. The van der Waals surface area contributed by atoms with Crippen LogP contribution in [0.1, 0.15) is 38.2 Å². The van der Waals surface area contributed by atoms with Crippen LogP contribution in [0.5, 0.6) is 0 Å². The van der Waals surface area contributed by atoms with Crippen molar-refractivity contribution in [3.63, 3.8) is 0 Å². The average molecular weight is 507 g/mol. The molecule has 0 saturated heterocycles. The Morgan fingerprint density at radius 3 is 2.53 bits per heavy atom. The number of fused-ring (bicyclic) bond motifs is 9. The topological polar surface area (TPSA) is 54.3 Å². The third-order valence-corrected chi connectivity index (χ3v) is 7.95. The minimum Gasteiger partial charge on any atom is -0.455 e. The van der Waals surface area contributed by atoms with Gasteiger partial charge in [-0.15, -0.1) is 0 Å². The molecule has 4 aromatic carbocycles. The first-order valence-electron chi connectivity index (χ1n) is 12.7. The van der Waals surface area contributed by atoms with E-state index in [0.29, 0.717) is 23.3 Å². The molecular weight excluding hydrogens is 482 g/mol. The Morgan fingerprint density at radius 1 is 0.921 bits per heavy atom. The van der Waals surface area contributed by atoms with Gasteiger partial charge in [-0.25, -0.2) is 8.78 Å². The van der Waals surface area contributed by atoms with E-state index in [9.17, 15) is 13.6 Å². The van der Waals surface area contributed by atoms with Crippen LogP contribution in [-0.4, -0.2) is 5.91 Å². The van der Waals surface area contributed by atoms with Crippen molar-refractivity contribution in [2.45, 2.75) is 33.5 Å². The number of hydrogen-bond acceptors (Lipinski definition) is 3. The summed E-state index contributed by atoms with van der Waals surface area (Å²) >= 11 is 0. The summed E-state index contributed by atoms with van der Waals surface area (Å²) in [7, 11) is 0. The molecule has 1 aliphatic rings. The fourth-order valence-corrected chi connectivity index (χ4v) is 5.93. The molecule has 4 nitrogen and oxygen atoms in total. The fraction of sp³-hybridized carbons (Fsp3) is 0.156. The summed E-state index contributed by atoms with van der Waals surface area (Å²) in [5.41, 5.74) is 8.89. The second-order valence-corrected chi connectivity index (χ2v) is 10.1. The molecule has 3 heterocycles. The lowest BCUT2D eigenvalue weighted by molar-refractivity contribution is 0.0951. The third-order valence-electron chi connectivity index (χ3n) is 7.95. The van der Waals surface area contributed by atoms with E-state index in [4.69, 9.17) is 4.42 Å². The number of halogens is 2. The molecule has 2 bridgehead atoms. The molecule has 7 rings (SSSR count). The minimum atomic E-state index is -0.884. The van der Waals surface area contributed by atoms with Crippen LogP contribution in [0, 0.1) is 25.5 Å². The Kier molecular flexibility index (Phi) is 5.03. The summed E-state index contributed by atoms with van der Waals surface area (Å²) in [6, 6.07) is 17.4. The SMILES string of the molecule is Cc1cc2c(c(C)c1CNC(=O)c1ccc3c(c1)c1oc3c3ccc(-c4cccc(F)c4F)cc31)CNC2. The maximum Gasteiger partial charge on any atom is 0.251 e. The first-order valence-corrected chi connectivity index (χ1v) is 12.7. The van der Waals surface area contributed by atoms with E-state index in [1.807, 2.05) is 30.3 Å². The van der Waals surface area contributed by atoms with Gasteiger partial charge in [0.05, 0.1) is 0 Å². The standard InChI is InChI=1S/C32H24F2N2O2/c1-16-10-20-13-35-14-27(20)17(2)26(16)15-36-32(37)19-7-9-23-25(12-19)31-24-11-18(6-8-22(24)30(23)38-31)21-4-3-5-28(33)29(21)34/h3-12,35H,13-15H2,1-2H3,(H,36,37). The van der Waals surface area contributed by atoms with Crippen molar-refractivity contribution in [1.29, 1.82) is 0 Å². The lowest BCUT2D eigenvalue weighted by Crippen LogP contribution is -2.24. The van der Waals surface area contributed by atoms with E-state index in [-0.39, 0.29) is 11.5 Å². The number of carbonyl (C=O) groups excluding carboxylic acids is 1. The Morgan fingerprint density at radius 2 is 1.68 bits per heavy atom. The maximum atomic E-state index is 14.5. The summed E-state index contributed by atoms with van der Waals surface area (Å²) in [5.74, 6) is -1.92. The molecule has 0 radical (unpaired) electrons. The second kappa shape index (κ2) is 8.36. The van der Waals surface area contributed by atoms with Gasteiger partial charge in [0.25, 0.3) is 5.91 Å². The van der Waals surface area contributed by atoms with Crippen LogP contribution in [0.4, 0.5) is 8.78 Å². The van der Waals surface area contributed by atoms with E-state index in [0.717, 1.165) is 51.8 Å². The Bertz CT molecular complexity index is 1920.